The summed E-state index contributed by atoms with van der Waals surface area (Å²) in [4.78, 5) is 0. The van der Waals surface area contributed by atoms with Crippen molar-refractivity contribution in [2.24, 2.45) is 0 Å². The number of rotatable bonds is 2. The van der Waals surface area contributed by atoms with Gasteiger partial charge in [0.1, 0.15) is 0 Å². The van der Waals surface area contributed by atoms with Gasteiger partial charge in [0.25, 0.3) is 0 Å². The van der Waals surface area contributed by atoms with E-state index in [1.807, 2.05) is 0 Å². The number of aliphatic hydroxyl groups excluding tert-OH is 1. The molecule has 2 rings (SSSR count). The molecule has 0 bridgehead atoms. The van der Waals surface area contributed by atoms with Gasteiger partial charge in [-0.1, -0.05) is 0 Å². The predicted octanol–water partition coefficient (Wildman–Crippen LogP) is 1.49. The van der Waals surface area contributed by atoms with Crippen LogP contribution < -0.4 is 0 Å². The molecule has 0 unspecified atom stereocenters. The van der Waals surface area contributed by atoms with Crippen molar-refractivity contribution < 1.29 is 5.11 Å². The fourth-order valence-electron chi connectivity index (χ4n) is 1.06. The number of thiophene rings is 1. The molecule has 0 saturated heterocycles. The Bertz CT molecular complexity index is 321. The van der Waals surface area contributed by atoms with Crippen LogP contribution in [0.5, 0.6) is 0 Å². The van der Waals surface area contributed by atoms with Gasteiger partial charge in [-0.05, 0) is 0 Å². The van der Waals surface area contributed by atoms with Crippen LogP contribution in [-0.4, -0.2) is 26.2 Å². The van der Waals surface area contributed by atoms with E-state index in [2.05, 4.69) is 16.8 Å². The summed E-state index contributed by atoms with van der Waals surface area (Å²) in [5.41, 5.74) is 0. The van der Waals surface area contributed by atoms with E-state index in [1.165, 1.54) is 14.1 Å². The van der Waals surface area contributed by atoms with Crippen molar-refractivity contribution in [3.63, 3.8) is 0 Å². The Balaban J connectivity index is 2.42. The van der Waals surface area contributed by atoms with Gasteiger partial charge in [-0.2, -0.15) is 0 Å². The van der Waals surface area contributed by atoms with Crippen LogP contribution in [-0.2, 0) is 6.42 Å². The molecular weight excluding hydrogens is 223 g/mol. The van der Waals surface area contributed by atoms with E-state index in [-0.39, 0.29) is 0 Å². The molecule has 3 heteroatoms. The minimum atomic E-state index is 0.293. The van der Waals surface area contributed by atoms with E-state index in [0.29, 0.717) is 21.1 Å². The fourth-order valence-corrected chi connectivity index (χ4v) is 4.48. The summed E-state index contributed by atoms with van der Waals surface area (Å²) >= 11 is 2.28. The van der Waals surface area contributed by atoms with Gasteiger partial charge < -0.3 is 0 Å². The SMILES string of the molecule is OCCc1cc2cscc2[se]1. The summed E-state index contributed by atoms with van der Waals surface area (Å²) in [5, 5.41) is 14.5. The number of fused-ring (bicyclic) bond motifs is 1. The van der Waals surface area contributed by atoms with Crippen LogP contribution in [0.25, 0.3) is 9.65 Å². The molecule has 0 aliphatic carbocycles. The van der Waals surface area contributed by atoms with Gasteiger partial charge in [0, 0.05) is 0 Å². The van der Waals surface area contributed by atoms with Gasteiger partial charge in [-0.3, -0.25) is 0 Å². The second-order valence-corrected chi connectivity index (χ2v) is 5.57. The summed E-state index contributed by atoms with van der Waals surface area (Å²) in [6.45, 7) is 0.293. The van der Waals surface area contributed by atoms with E-state index in [4.69, 9.17) is 5.11 Å². The van der Waals surface area contributed by atoms with Crippen LogP contribution in [0.2, 0.25) is 0 Å². The molecule has 11 heavy (non-hydrogen) atoms. The van der Waals surface area contributed by atoms with Crippen molar-refractivity contribution in [2.45, 2.75) is 6.42 Å². The topological polar surface area (TPSA) is 20.2 Å². The Morgan fingerprint density at radius 3 is 3.09 bits per heavy atom. The molecule has 2 heterocycles. The summed E-state index contributed by atoms with van der Waals surface area (Å²) in [6.07, 6.45) is 0.860. The molecule has 1 nitrogen and oxygen atoms in total. The van der Waals surface area contributed by atoms with Crippen molar-refractivity contribution >= 4 is 35.5 Å². The number of hydrogen-bond donors (Lipinski definition) is 1. The molecule has 0 aliphatic heterocycles. The molecule has 0 aliphatic rings. The van der Waals surface area contributed by atoms with Crippen molar-refractivity contribution in [3.8, 4) is 0 Å². The zero-order valence-corrected chi connectivity index (χ0v) is 8.44. The molecular formula is C8H8OSSe. The van der Waals surface area contributed by atoms with Gasteiger partial charge >= 0.3 is 74.9 Å². The predicted molar refractivity (Wildman–Crippen MR) is 49.6 cm³/mol. The maximum atomic E-state index is 8.71. The quantitative estimate of drug-likeness (QED) is 0.776. The van der Waals surface area contributed by atoms with Crippen molar-refractivity contribution in [1.82, 2.24) is 0 Å². The first kappa shape index (κ1) is 7.56. The van der Waals surface area contributed by atoms with Gasteiger partial charge in [0.15, 0.2) is 0 Å². The van der Waals surface area contributed by atoms with Crippen LogP contribution in [0.3, 0.4) is 0 Å². The van der Waals surface area contributed by atoms with Crippen LogP contribution in [0, 0.1) is 0 Å². The maximum absolute atomic E-state index is 8.71. The molecule has 1 N–H and O–H groups in total. The molecule has 58 valence electrons. The van der Waals surface area contributed by atoms with E-state index < -0.39 is 0 Å². The van der Waals surface area contributed by atoms with Crippen molar-refractivity contribution in [2.75, 3.05) is 6.61 Å². The van der Waals surface area contributed by atoms with E-state index in [1.54, 1.807) is 11.3 Å². The Morgan fingerprint density at radius 1 is 1.45 bits per heavy atom. The molecule has 0 spiro atoms. The first-order valence-corrected chi connectivity index (χ1v) is 6.11. The normalized spacial score (nSPS) is 11.0. The first-order chi connectivity index (χ1) is 5.40. The molecule has 0 saturated carbocycles. The van der Waals surface area contributed by atoms with Crippen LogP contribution in [0.1, 0.15) is 4.44 Å². The summed E-state index contributed by atoms with van der Waals surface area (Å²) < 4.78 is 2.92. The van der Waals surface area contributed by atoms with E-state index >= 15 is 0 Å². The third-order valence-electron chi connectivity index (χ3n) is 1.57. The van der Waals surface area contributed by atoms with Gasteiger partial charge in [-0.15, -0.1) is 0 Å². The Morgan fingerprint density at radius 2 is 2.36 bits per heavy atom. The summed E-state index contributed by atoms with van der Waals surface area (Å²) in [5.74, 6) is 0. The first-order valence-electron chi connectivity index (χ1n) is 3.45. The van der Waals surface area contributed by atoms with Crippen LogP contribution >= 0.6 is 11.3 Å². The average molecular weight is 231 g/mol. The molecule has 0 fully saturated rings. The Labute approximate surface area is 75.0 Å². The second-order valence-electron chi connectivity index (χ2n) is 2.38. The Kier molecular flexibility index (Phi) is 2.14. The number of aliphatic hydroxyl groups is 1. The minimum absolute atomic E-state index is 0.293. The van der Waals surface area contributed by atoms with Gasteiger partial charge in [0.2, 0.25) is 0 Å². The zero-order chi connectivity index (χ0) is 7.68. The molecule has 0 radical (unpaired) electrons. The zero-order valence-electron chi connectivity index (χ0n) is 5.91. The third kappa shape index (κ3) is 1.42. The molecule has 0 atom stereocenters. The molecule has 2 aromatic heterocycles. The number of hydrogen-bond acceptors (Lipinski definition) is 2. The van der Waals surface area contributed by atoms with Gasteiger partial charge in [-0.25, -0.2) is 0 Å². The molecule has 0 amide bonds. The van der Waals surface area contributed by atoms with Crippen LogP contribution in [0.4, 0.5) is 0 Å². The third-order valence-corrected chi connectivity index (χ3v) is 5.10. The summed E-state index contributed by atoms with van der Waals surface area (Å²) in [7, 11) is 0. The van der Waals surface area contributed by atoms with Crippen molar-refractivity contribution in [1.29, 1.82) is 0 Å². The van der Waals surface area contributed by atoms with E-state index in [0.717, 1.165) is 6.42 Å². The van der Waals surface area contributed by atoms with Gasteiger partial charge in [0.05, 0.1) is 0 Å². The second kappa shape index (κ2) is 3.11. The standard InChI is InChI=1S/C8H8OSSe/c9-2-1-7-3-6-4-10-5-8(6)11-7/h3-5,9H,1-2H2. The fraction of sp³-hybridized carbons (Fsp3) is 0.250. The average Bonchev–Trinajstić information content (AvgIpc) is 2.46. The summed E-state index contributed by atoms with van der Waals surface area (Å²) in [6, 6.07) is 2.22. The van der Waals surface area contributed by atoms with Crippen LogP contribution in [0.15, 0.2) is 16.8 Å². The monoisotopic (exact) mass is 232 g/mol. The Hall–Kier alpha value is -0.0805. The van der Waals surface area contributed by atoms with E-state index in [9.17, 15) is 0 Å². The van der Waals surface area contributed by atoms with Crippen molar-refractivity contribution in [3.05, 3.63) is 21.3 Å². The molecule has 0 aromatic carbocycles. The molecule has 2 aromatic rings.